The average molecular weight is 378 g/mol. The molecule has 0 radical (unpaired) electrons. The Morgan fingerprint density at radius 3 is 2.67 bits per heavy atom. The van der Waals surface area contributed by atoms with E-state index in [4.69, 9.17) is 19.9 Å². The highest BCUT2D eigenvalue weighted by Crippen LogP contribution is 2.24. The van der Waals surface area contributed by atoms with Crippen LogP contribution in [-0.2, 0) is 11.2 Å². The van der Waals surface area contributed by atoms with Gasteiger partial charge in [0.05, 0.1) is 20.8 Å². The summed E-state index contributed by atoms with van der Waals surface area (Å²) >= 11 is 0. The number of benzene rings is 1. The normalized spacial score (nSPS) is 15.4. The molecule has 0 aliphatic carbocycles. The van der Waals surface area contributed by atoms with E-state index in [9.17, 15) is 4.79 Å². The van der Waals surface area contributed by atoms with Gasteiger partial charge in [-0.15, -0.1) is 0 Å². The van der Waals surface area contributed by atoms with E-state index in [1.54, 1.807) is 19.1 Å². The molecule has 0 unspecified atom stereocenters. The van der Waals surface area contributed by atoms with Crippen LogP contribution in [0.25, 0.3) is 0 Å². The van der Waals surface area contributed by atoms with Crippen LogP contribution in [0, 0.1) is 0 Å². The van der Waals surface area contributed by atoms with Gasteiger partial charge in [-0.25, -0.2) is 4.79 Å². The van der Waals surface area contributed by atoms with Gasteiger partial charge in [0.25, 0.3) is 0 Å². The van der Waals surface area contributed by atoms with Crippen molar-refractivity contribution in [3.63, 3.8) is 0 Å². The fraction of sp³-hybridized carbons (Fsp3) is 0.579. The molecule has 1 aliphatic heterocycles. The first-order valence-corrected chi connectivity index (χ1v) is 9.26. The second-order valence-electron chi connectivity index (χ2n) is 6.30. The molecule has 1 saturated heterocycles. The number of hydrogen-bond donors (Lipinski definition) is 2. The summed E-state index contributed by atoms with van der Waals surface area (Å²) in [6.45, 7) is 4.07. The standard InChI is InChI=1S/C19H30N4O4/c1-4-27-19(24)23-11-8-15(9-12-23)22-18(20)21-10-7-14-13-16(25-2)5-6-17(14)26-3/h5-6,13,15H,4,7-12H2,1-3H3,(H3,20,21,22). The van der Waals surface area contributed by atoms with Gasteiger partial charge in [0.15, 0.2) is 5.96 Å². The zero-order chi connectivity index (χ0) is 19.6. The van der Waals surface area contributed by atoms with Gasteiger partial charge in [-0.1, -0.05) is 0 Å². The molecule has 1 aromatic rings. The number of amides is 1. The molecule has 150 valence electrons. The summed E-state index contributed by atoms with van der Waals surface area (Å²) in [7, 11) is 3.28. The lowest BCUT2D eigenvalue weighted by molar-refractivity contribution is 0.0963. The third-order valence-corrected chi connectivity index (χ3v) is 4.52. The van der Waals surface area contributed by atoms with Crippen LogP contribution in [0.1, 0.15) is 25.3 Å². The number of ether oxygens (including phenoxy) is 3. The first kappa shape index (κ1) is 20.7. The average Bonchev–Trinajstić information content (AvgIpc) is 2.68. The maximum Gasteiger partial charge on any atom is 0.409 e. The van der Waals surface area contributed by atoms with Crippen molar-refractivity contribution in [3.8, 4) is 11.5 Å². The number of aliphatic imine (C=N–C) groups is 1. The van der Waals surface area contributed by atoms with Crippen molar-refractivity contribution in [2.24, 2.45) is 10.7 Å². The Labute approximate surface area is 160 Å². The summed E-state index contributed by atoms with van der Waals surface area (Å²) in [6, 6.07) is 5.91. The molecule has 3 N–H and O–H groups in total. The van der Waals surface area contributed by atoms with Crippen molar-refractivity contribution in [1.29, 1.82) is 0 Å². The molecule has 0 saturated carbocycles. The van der Waals surface area contributed by atoms with E-state index in [2.05, 4.69) is 10.3 Å². The fourth-order valence-electron chi connectivity index (χ4n) is 3.05. The minimum Gasteiger partial charge on any atom is -0.497 e. The van der Waals surface area contributed by atoms with Gasteiger partial charge in [-0.05, 0) is 49.9 Å². The molecule has 0 atom stereocenters. The first-order valence-electron chi connectivity index (χ1n) is 9.26. The van der Waals surface area contributed by atoms with Crippen LogP contribution in [0.15, 0.2) is 23.2 Å². The largest absolute Gasteiger partial charge is 0.497 e. The predicted octanol–water partition coefficient (Wildman–Crippen LogP) is 1.77. The summed E-state index contributed by atoms with van der Waals surface area (Å²) < 4.78 is 15.7. The summed E-state index contributed by atoms with van der Waals surface area (Å²) in [5.74, 6) is 2.02. The Balaban J connectivity index is 1.79. The molecule has 0 aromatic heterocycles. The van der Waals surface area contributed by atoms with Crippen LogP contribution >= 0.6 is 0 Å². The van der Waals surface area contributed by atoms with Crippen molar-refractivity contribution in [3.05, 3.63) is 23.8 Å². The van der Waals surface area contributed by atoms with Gasteiger partial charge in [0, 0.05) is 25.7 Å². The van der Waals surface area contributed by atoms with Gasteiger partial charge >= 0.3 is 6.09 Å². The van der Waals surface area contributed by atoms with Crippen LogP contribution in [0.2, 0.25) is 0 Å². The Morgan fingerprint density at radius 2 is 2.04 bits per heavy atom. The molecule has 0 bridgehead atoms. The lowest BCUT2D eigenvalue weighted by Gasteiger charge is -2.31. The molecule has 8 heteroatoms. The highest BCUT2D eigenvalue weighted by atomic mass is 16.6. The molecular weight excluding hydrogens is 348 g/mol. The maximum absolute atomic E-state index is 11.7. The second-order valence-corrected chi connectivity index (χ2v) is 6.30. The van der Waals surface area contributed by atoms with Crippen molar-refractivity contribution in [2.45, 2.75) is 32.2 Å². The minimum absolute atomic E-state index is 0.214. The van der Waals surface area contributed by atoms with Gasteiger partial charge in [0.2, 0.25) is 0 Å². The zero-order valence-electron chi connectivity index (χ0n) is 16.4. The molecule has 27 heavy (non-hydrogen) atoms. The lowest BCUT2D eigenvalue weighted by atomic mass is 10.1. The summed E-state index contributed by atoms with van der Waals surface area (Å²) in [4.78, 5) is 17.9. The molecule has 2 rings (SSSR count). The van der Waals surface area contributed by atoms with Crippen LogP contribution in [-0.4, -0.2) is 63.5 Å². The number of carbonyl (C=O) groups excluding carboxylic acids is 1. The summed E-state index contributed by atoms with van der Waals surface area (Å²) in [5, 5.41) is 3.24. The number of guanidine groups is 1. The molecule has 0 spiro atoms. The van der Waals surface area contributed by atoms with E-state index in [0.29, 0.717) is 38.6 Å². The van der Waals surface area contributed by atoms with E-state index < -0.39 is 0 Å². The van der Waals surface area contributed by atoms with Gasteiger partial charge in [-0.2, -0.15) is 0 Å². The van der Waals surface area contributed by atoms with E-state index >= 15 is 0 Å². The van der Waals surface area contributed by atoms with Crippen molar-refractivity contribution in [2.75, 3.05) is 40.5 Å². The molecule has 1 fully saturated rings. The van der Waals surface area contributed by atoms with E-state index in [1.807, 2.05) is 25.1 Å². The quantitative estimate of drug-likeness (QED) is 0.554. The fourth-order valence-corrected chi connectivity index (χ4v) is 3.05. The number of nitrogens with one attached hydrogen (secondary N) is 1. The number of nitrogens with zero attached hydrogens (tertiary/aromatic N) is 2. The van der Waals surface area contributed by atoms with Crippen molar-refractivity contribution < 1.29 is 19.0 Å². The van der Waals surface area contributed by atoms with Gasteiger partial charge < -0.3 is 30.2 Å². The third kappa shape index (κ3) is 6.23. The Hall–Kier alpha value is -2.64. The van der Waals surface area contributed by atoms with Crippen molar-refractivity contribution in [1.82, 2.24) is 10.2 Å². The van der Waals surface area contributed by atoms with Crippen molar-refractivity contribution >= 4 is 12.1 Å². The smallest absolute Gasteiger partial charge is 0.409 e. The maximum atomic E-state index is 11.7. The molecule has 1 aromatic carbocycles. The minimum atomic E-state index is -0.246. The van der Waals surface area contributed by atoms with E-state index in [0.717, 1.165) is 29.9 Å². The number of likely N-dealkylation sites (tertiary alicyclic amines) is 1. The summed E-state index contributed by atoms with van der Waals surface area (Å²) in [5.41, 5.74) is 7.04. The highest BCUT2D eigenvalue weighted by Gasteiger charge is 2.23. The number of carbonyl (C=O) groups is 1. The van der Waals surface area contributed by atoms with Gasteiger partial charge in [-0.3, -0.25) is 4.99 Å². The second kappa shape index (κ2) is 10.5. The molecule has 1 amide bonds. The molecule has 8 nitrogen and oxygen atoms in total. The first-order chi connectivity index (χ1) is 13.1. The van der Waals surface area contributed by atoms with Crippen LogP contribution < -0.4 is 20.5 Å². The summed E-state index contributed by atoms with van der Waals surface area (Å²) in [6.07, 6.45) is 2.09. The molecule has 1 heterocycles. The lowest BCUT2D eigenvalue weighted by Crippen LogP contribution is -2.48. The van der Waals surface area contributed by atoms with Crippen LogP contribution in [0.5, 0.6) is 11.5 Å². The van der Waals surface area contributed by atoms with Gasteiger partial charge in [0.1, 0.15) is 11.5 Å². The number of methoxy groups -OCH3 is 2. The number of rotatable bonds is 7. The predicted molar refractivity (Wildman–Crippen MR) is 104 cm³/mol. The van der Waals surface area contributed by atoms with Crippen LogP contribution in [0.4, 0.5) is 4.79 Å². The Bertz CT molecular complexity index is 643. The van der Waals surface area contributed by atoms with Crippen LogP contribution in [0.3, 0.4) is 0 Å². The number of piperidine rings is 1. The molecule has 1 aliphatic rings. The van der Waals surface area contributed by atoms with E-state index in [1.165, 1.54) is 0 Å². The number of hydrogen-bond acceptors (Lipinski definition) is 5. The highest BCUT2D eigenvalue weighted by molar-refractivity contribution is 5.78. The third-order valence-electron chi connectivity index (χ3n) is 4.52. The zero-order valence-corrected chi connectivity index (χ0v) is 16.4. The Kier molecular flexibility index (Phi) is 8.03. The van der Waals surface area contributed by atoms with E-state index in [-0.39, 0.29) is 12.1 Å². The number of nitrogens with two attached hydrogens (primary N) is 1. The Morgan fingerprint density at radius 1 is 1.30 bits per heavy atom. The SMILES string of the molecule is CCOC(=O)N1CCC(NC(N)=NCCc2cc(OC)ccc2OC)CC1. The molecular formula is C19H30N4O4. The topological polar surface area (TPSA) is 98.4 Å². The monoisotopic (exact) mass is 378 g/mol.